The van der Waals surface area contributed by atoms with Crippen molar-refractivity contribution in [2.75, 3.05) is 0 Å². The van der Waals surface area contributed by atoms with Gasteiger partial charge < -0.3 is 9.40 Å². The van der Waals surface area contributed by atoms with E-state index in [4.69, 9.17) is 34.3 Å². The fourth-order valence-corrected chi connectivity index (χ4v) is 5.48. The zero-order chi connectivity index (χ0) is 26.2. The molecule has 3 aromatic heterocycles. The van der Waals surface area contributed by atoms with Crippen LogP contribution < -0.4 is 0 Å². The summed E-state index contributed by atoms with van der Waals surface area (Å²) in [6, 6.07) is 31.8. The molecule has 0 amide bonds. The summed E-state index contributed by atoms with van der Waals surface area (Å²) in [6.07, 6.45) is 0. The maximum Gasteiger partial charge on any atom is 0.231 e. The monoisotopic (exact) mass is 515 g/mol. The molecule has 0 radical (unpaired) electrons. The third-order valence-electron chi connectivity index (χ3n) is 7.35. The van der Waals surface area contributed by atoms with Gasteiger partial charge in [0.25, 0.3) is 0 Å². The Hall–Kier alpha value is -5.76. The number of hydrogen-bond acceptors (Lipinski definition) is 7. The highest BCUT2D eigenvalue weighted by Crippen LogP contribution is 2.37. The van der Waals surface area contributed by atoms with Crippen molar-refractivity contribution in [3.8, 4) is 45.6 Å². The first-order chi connectivity index (χ1) is 19.8. The van der Waals surface area contributed by atoms with E-state index in [0.717, 1.165) is 43.8 Å². The van der Waals surface area contributed by atoms with Gasteiger partial charge in [0.2, 0.25) is 11.4 Å². The fourth-order valence-electron chi connectivity index (χ4n) is 5.48. The molecule has 2 aliphatic rings. The molecule has 7 aromatic rings. The predicted molar refractivity (Wildman–Crippen MR) is 154 cm³/mol. The quantitative estimate of drug-likeness (QED) is 0.229. The maximum atomic E-state index is 6.30. The largest absolute Gasteiger partial charge is 0.419 e. The van der Waals surface area contributed by atoms with E-state index in [9.17, 15) is 0 Å². The lowest BCUT2D eigenvalue weighted by Gasteiger charge is -1.96. The van der Waals surface area contributed by atoms with Crippen LogP contribution in [0.25, 0.3) is 89.8 Å². The minimum Gasteiger partial charge on any atom is -0.419 e. The zero-order valence-electron chi connectivity index (χ0n) is 20.8. The number of rotatable bonds is 0. The minimum atomic E-state index is 0.435. The molecule has 1 N–H and O–H groups in total. The number of nitrogens with one attached hydrogen (secondary N) is 1. The van der Waals surface area contributed by atoms with Gasteiger partial charge in [0.05, 0.1) is 0 Å². The van der Waals surface area contributed by atoms with Crippen molar-refractivity contribution in [3.05, 3.63) is 97.1 Å². The van der Waals surface area contributed by atoms with Gasteiger partial charge in [-0.3, -0.25) is 0 Å². The molecule has 0 fully saturated rings. The zero-order valence-corrected chi connectivity index (χ0v) is 20.8. The Bertz CT molecular complexity index is 2030. The molecule has 0 spiro atoms. The molecule has 0 atom stereocenters. The van der Waals surface area contributed by atoms with Crippen LogP contribution in [-0.4, -0.2) is 34.9 Å². The minimum absolute atomic E-state index is 0.435. The third-order valence-corrected chi connectivity index (χ3v) is 7.35. The topological polar surface area (TPSA) is 106 Å². The van der Waals surface area contributed by atoms with Crippen LogP contribution in [0.15, 0.2) is 101 Å². The normalized spacial score (nSPS) is 12.0. The van der Waals surface area contributed by atoms with Gasteiger partial charge in [-0.15, -0.1) is 0 Å². The summed E-state index contributed by atoms with van der Waals surface area (Å²) in [5.41, 5.74) is 5.78. The summed E-state index contributed by atoms with van der Waals surface area (Å²) in [6.45, 7) is 0. The van der Waals surface area contributed by atoms with Crippen molar-refractivity contribution in [2.24, 2.45) is 0 Å². The van der Waals surface area contributed by atoms with Gasteiger partial charge in [0.15, 0.2) is 23.3 Å². The van der Waals surface area contributed by atoms with E-state index in [1.165, 1.54) is 0 Å². The highest BCUT2D eigenvalue weighted by Gasteiger charge is 2.22. The van der Waals surface area contributed by atoms with Crippen molar-refractivity contribution in [3.63, 3.8) is 0 Å². The number of aromatic amines is 1. The summed E-state index contributed by atoms with van der Waals surface area (Å²) >= 11 is 0. The van der Waals surface area contributed by atoms with Gasteiger partial charge in [0.1, 0.15) is 11.3 Å². The van der Waals surface area contributed by atoms with Gasteiger partial charge in [-0.1, -0.05) is 84.9 Å². The lowest BCUT2D eigenvalue weighted by Crippen LogP contribution is -1.82. The Morgan fingerprint density at radius 1 is 0.375 bits per heavy atom. The van der Waals surface area contributed by atoms with Crippen LogP contribution in [0.5, 0.6) is 0 Å². The van der Waals surface area contributed by atoms with E-state index >= 15 is 0 Å². The molecule has 5 heterocycles. The molecule has 0 saturated carbocycles. The average Bonchev–Trinajstić information content (AvgIpc) is 3.73. The summed E-state index contributed by atoms with van der Waals surface area (Å²) in [5, 5.41) is 3.57. The van der Waals surface area contributed by atoms with E-state index in [0.29, 0.717) is 46.0 Å². The summed E-state index contributed by atoms with van der Waals surface area (Å²) in [5.74, 6) is 2.21. The molecular weight excluding hydrogens is 498 g/mol. The van der Waals surface area contributed by atoms with Gasteiger partial charge >= 0.3 is 0 Å². The molecule has 8 heteroatoms. The molecule has 40 heavy (non-hydrogen) atoms. The number of fused-ring (bicyclic) bond motifs is 20. The Kier molecular flexibility index (Phi) is 4.17. The van der Waals surface area contributed by atoms with E-state index in [1.807, 2.05) is 97.1 Å². The van der Waals surface area contributed by atoms with Crippen molar-refractivity contribution in [1.29, 1.82) is 0 Å². The highest BCUT2D eigenvalue weighted by molar-refractivity contribution is 6.05. The van der Waals surface area contributed by atoms with E-state index < -0.39 is 0 Å². The Morgan fingerprint density at radius 2 is 0.725 bits per heavy atom. The Balaban J connectivity index is 1.51. The number of aromatic nitrogens is 7. The van der Waals surface area contributed by atoms with Crippen LogP contribution in [-0.2, 0) is 0 Å². The second kappa shape index (κ2) is 7.87. The smallest absolute Gasteiger partial charge is 0.231 e. The molecule has 9 rings (SSSR count). The van der Waals surface area contributed by atoms with Crippen molar-refractivity contribution in [2.45, 2.75) is 0 Å². The molecule has 8 bridgehead atoms. The van der Waals surface area contributed by atoms with Crippen molar-refractivity contribution < 1.29 is 4.42 Å². The number of nitrogens with zero attached hydrogens (tertiary/aromatic N) is 6. The van der Waals surface area contributed by atoms with Crippen LogP contribution in [0, 0.1) is 0 Å². The SMILES string of the molecule is c1ccc2c(c1)-c1nc-2nc2oc(nc3nc(nc4[nH]c(n1)c1ccccc41)-c1ccccc1-3)c1ccccc21. The van der Waals surface area contributed by atoms with Gasteiger partial charge in [-0.2, -0.15) is 9.97 Å². The summed E-state index contributed by atoms with van der Waals surface area (Å²) in [7, 11) is 0. The molecular formula is C32H17N7O. The third kappa shape index (κ3) is 3.01. The molecule has 4 aromatic carbocycles. The lowest BCUT2D eigenvalue weighted by molar-refractivity contribution is 0.641. The molecule has 2 aliphatic heterocycles. The first-order valence-corrected chi connectivity index (χ1v) is 12.9. The molecule has 0 aliphatic carbocycles. The fraction of sp³-hybridized carbons (Fsp3) is 0. The van der Waals surface area contributed by atoms with Crippen LogP contribution >= 0.6 is 0 Å². The Labute approximate surface area is 226 Å². The highest BCUT2D eigenvalue weighted by atomic mass is 16.3. The standard InChI is InChI=1S/C32H17N7O/c1-2-10-18-17(9-1)25-33-26(18)35-28-20-12-4-6-14-22(20)30(37-28)39-32-24-16-8-7-15-23(24)31(40-32)38-29-21-13-5-3-11-19(21)27(34-25)36-29/h1-16H,(H,33,34,35,36,37,38,39). The van der Waals surface area contributed by atoms with Gasteiger partial charge in [0, 0.05) is 43.8 Å². The molecule has 0 unspecified atom stereocenters. The maximum absolute atomic E-state index is 6.30. The van der Waals surface area contributed by atoms with Crippen LogP contribution in [0.2, 0.25) is 0 Å². The number of hydrogen-bond donors (Lipinski definition) is 1. The summed E-state index contributed by atoms with van der Waals surface area (Å²) in [4.78, 5) is 33.0. The van der Waals surface area contributed by atoms with Crippen LogP contribution in [0.4, 0.5) is 0 Å². The first kappa shape index (κ1) is 21.2. The number of furan rings is 1. The number of H-pyrrole nitrogens is 1. The summed E-state index contributed by atoms with van der Waals surface area (Å²) < 4.78 is 6.30. The van der Waals surface area contributed by atoms with Gasteiger partial charge in [-0.25, -0.2) is 19.9 Å². The molecule has 186 valence electrons. The van der Waals surface area contributed by atoms with Crippen LogP contribution in [0.3, 0.4) is 0 Å². The molecule has 0 saturated heterocycles. The predicted octanol–water partition coefficient (Wildman–Crippen LogP) is 7.13. The van der Waals surface area contributed by atoms with Crippen LogP contribution in [0.1, 0.15) is 0 Å². The number of benzene rings is 4. The van der Waals surface area contributed by atoms with E-state index in [2.05, 4.69) is 4.98 Å². The van der Waals surface area contributed by atoms with E-state index in [-0.39, 0.29) is 0 Å². The van der Waals surface area contributed by atoms with Crippen molar-refractivity contribution in [1.82, 2.24) is 34.9 Å². The van der Waals surface area contributed by atoms with Gasteiger partial charge in [-0.05, 0) is 12.1 Å². The second-order valence-electron chi connectivity index (χ2n) is 9.68. The average molecular weight is 516 g/mol. The molecule has 8 nitrogen and oxygen atoms in total. The first-order valence-electron chi connectivity index (χ1n) is 12.9. The second-order valence-corrected chi connectivity index (χ2v) is 9.68. The lowest BCUT2D eigenvalue weighted by atomic mass is 10.1. The van der Waals surface area contributed by atoms with E-state index in [1.54, 1.807) is 0 Å². The Morgan fingerprint density at radius 3 is 1.15 bits per heavy atom. The van der Waals surface area contributed by atoms with Crippen molar-refractivity contribution >= 4 is 44.3 Å².